The molecule has 26 heavy (non-hydrogen) atoms. The molecule has 5 nitrogen and oxygen atoms in total. The Hall–Kier alpha value is -1.61. The topological polar surface area (TPSA) is 63.1 Å². The zero-order valence-corrected chi connectivity index (χ0v) is 17.9. The quantitative estimate of drug-likeness (QED) is 0.546. The Bertz CT molecular complexity index is 1040. The van der Waals surface area contributed by atoms with Gasteiger partial charge in [-0.1, -0.05) is 33.6 Å². The molecular formula is C17H15BrClN3O2S2. The molecule has 0 fully saturated rings. The molecule has 2 N–H and O–H groups in total. The Morgan fingerprint density at radius 2 is 2.00 bits per heavy atom. The van der Waals surface area contributed by atoms with Gasteiger partial charge in [0, 0.05) is 17.1 Å². The lowest BCUT2D eigenvalue weighted by molar-refractivity contribution is 0.687. The smallest absolute Gasteiger partial charge is 0.254 e. The standard InChI is InChI=1S/C17H15BrClN3O2S2/c1-10-8-14(21-26(24)15-4-3-7-25-15)16(22(2)17(10)23)20-13-6-5-11(18)9-12(13)19/h3-9,20-21H,1-2H3. The first-order chi connectivity index (χ1) is 12.4. The number of aryl methyl sites for hydroxylation is 1. The molecule has 0 aliphatic heterocycles. The number of nitrogens with one attached hydrogen (secondary N) is 2. The van der Waals surface area contributed by atoms with E-state index in [1.165, 1.54) is 15.9 Å². The number of anilines is 3. The number of rotatable bonds is 5. The summed E-state index contributed by atoms with van der Waals surface area (Å²) in [6, 6.07) is 10.7. The number of thiophene rings is 1. The van der Waals surface area contributed by atoms with Crippen LogP contribution in [-0.4, -0.2) is 8.78 Å². The summed E-state index contributed by atoms with van der Waals surface area (Å²) >= 11 is 11.0. The molecule has 9 heteroatoms. The molecule has 0 saturated carbocycles. The van der Waals surface area contributed by atoms with Crippen LogP contribution in [0.25, 0.3) is 0 Å². The first-order valence-corrected chi connectivity index (χ1v) is 10.7. The Labute approximate surface area is 170 Å². The van der Waals surface area contributed by atoms with E-state index in [-0.39, 0.29) is 5.56 Å². The van der Waals surface area contributed by atoms with E-state index in [1.807, 2.05) is 17.5 Å². The third kappa shape index (κ3) is 4.03. The van der Waals surface area contributed by atoms with Gasteiger partial charge in [0.05, 0.1) is 16.4 Å². The van der Waals surface area contributed by atoms with Crippen molar-refractivity contribution in [3.8, 4) is 0 Å². The predicted octanol–water partition coefficient (Wildman–Crippen LogP) is 5.05. The number of pyridine rings is 1. The molecule has 2 heterocycles. The molecule has 2 aromatic heterocycles. The summed E-state index contributed by atoms with van der Waals surface area (Å²) in [7, 11) is 0.225. The predicted molar refractivity (Wildman–Crippen MR) is 113 cm³/mol. The molecule has 0 aliphatic rings. The first-order valence-electron chi connectivity index (χ1n) is 7.51. The minimum Gasteiger partial charge on any atom is -0.339 e. The Balaban J connectivity index is 2.03. The normalized spacial score (nSPS) is 12.0. The summed E-state index contributed by atoms with van der Waals surface area (Å²) in [5, 5.41) is 5.53. The van der Waals surface area contributed by atoms with E-state index in [1.54, 1.807) is 38.2 Å². The number of hydrogen-bond acceptors (Lipinski definition) is 4. The third-order valence-electron chi connectivity index (χ3n) is 3.66. The number of halogens is 2. The van der Waals surface area contributed by atoms with Gasteiger partial charge in [-0.25, -0.2) is 4.21 Å². The maximum absolute atomic E-state index is 12.6. The molecule has 0 amide bonds. The minimum absolute atomic E-state index is 0.145. The van der Waals surface area contributed by atoms with Gasteiger partial charge in [0.1, 0.15) is 10.0 Å². The van der Waals surface area contributed by atoms with Crippen LogP contribution < -0.4 is 15.6 Å². The van der Waals surface area contributed by atoms with Crippen molar-refractivity contribution < 1.29 is 4.21 Å². The lowest BCUT2D eigenvalue weighted by Crippen LogP contribution is -2.23. The highest BCUT2D eigenvalue weighted by molar-refractivity contribution is 9.10. The summed E-state index contributed by atoms with van der Waals surface area (Å²) in [6.07, 6.45) is 0. The maximum atomic E-state index is 12.6. The van der Waals surface area contributed by atoms with Crippen LogP contribution in [0.4, 0.5) is 17.2 Å². The van der Waals surface area contributed by atoms with E-state index in [4.69, 9.17) is 11.6 Å². The largest absolute Gasteiger partial charge is 0.339 e. The van der Waals surface area contributed by atoms with Crippen LogP contribution in [0.5, 0.6) is 0 Å². The van der Waals surface area contributed by atoms with Crippen molar-refractivity contribution >= 4 is 67.0 Å². The molecule has 0 saturated heterocycles. The summed E-state index contributed by atoms with van der Waals surface area (Å²) in [4.78, 5) is 12.4. The lowest BCUT2D eigenvalue weighted by atomic mass is 10.2. The van der Waals surface area contributed by atoms with Crippen molar-refractivity contribution in [2.45, 2.75) is 11.1 Å². The molecule has 0 bridgehead atoms. The van der Waals surface area contributed by atoms with Crippen molar-refractivity contribution in [1.29, 1.82) is 0 Å². The fourth-order valence-electron chi connectivity index (χ4n) is 2.36. The van der Waals surface area contributed by atoms with E-state index in [9.17, 15) is 9.00 Å². The van der Waals surface area contributed by atoms with Gasteiger partial charge in [-0.15, -0.1) is 11.3 Å². The molecule has 1 unspecified atom stereocenters. The zero-order valence-electron chi connectivity index (χ0n) is 13.9. The molecule has 3 aromatic rings. The van der Waals surface area contributed by atoms with E-state index >= 15 is 0 Å². The molecule has 0 spiro atoms. The SMILES string of the molecule is Cc1cc(NS(=O)c2cccs2)c(Nc2ccc(Br)cc2Cl)n(C)c1=O. The highest BCUT2D eigenvalue weighted by Gasteiger charge is 2.15. The number of hydrogen-bond donors (Lipinski definition) is 2. The molecule has 0 aliphatic carbocycles. The van der Waals surface area contributed by atoms with Crippen molar-refractivity contribution in [3.63, 3.8) is 0 Å². The van der Waals surface area contributed by atoms with Crippen LogP contribution in [0.2, 0.25) is 5.02 Å². The van der Waals surface area contributed by atoms with Crippen LogP contribution in [0.15, 0.2) is 55.3 Å². The first kappa shape index (κ1) is 19.2. The van der Waals surface area contributed by atoms with Gasteiger partial charge in [-0.2, -0.15) is 0 Å². The summed E-state index contributed by atoms with van der Waals surface area (Å²) in [5.41, 5.74) is 1.59. The van der Waals surface area contributed by atoms with E-state index in [0.29, 0.717) is 32.0 Å². The Morgan fingerprint density at radius 3 is 2.65 bits per heavy atom. The van der Waals surface area contributed by atoms with Gasteiger partial charge >= 0.3 is 0 Å². The Morgan fingerprint density at radius 1 is 1.23 bits per heavy atom. The van der Waals surface area contributed by atoms with Gasteiger partial charge in [0.2, 0.25) is 0 Å². The van der Waals surface area contributed by atoms with Crippen LogP contribution in [-0.2, 0) is 18.0 Å². The molecule has 1 aromatic carbocycles. The van der Waals surface area contributed by atoms with Gasteiger partial charge in [-0.05, 0) is 42.6 Å². The second kappa shape index (κ2) is 7.96. The fraction of sp³-hybridized carbons (Fsp3) is 0.118. The van der Waals surface area contributed by atoms with Gasteiger partial charge in [-0.3, -0.25) is 14.1 Å². The van der Waals surface area contributed by atoms with Gasteiger partial charge in [0.25, 0.3) is 5.56 Å². The van der Waals surface area contributed by atoms with Gasteiger partial charge in [0.15, 0.2) is 11.0 Å². The maximum Gasteiger partial charge on any atom is 0.254 e. The van der Waals surface area contributed by atoms with Crippen LogP contribution in [0.3, 0.4) is 0 Å². The monoisotopic (exact) mass is 471 g/mol. The summed E-state index contributed by atoms with van der Waals surface area (Å²) in [6.45, 7) is 1.72. The van der Waals surface area contributed by atoms with Crippen LogP contribution in [0, 0.1) is 6.92 Å². The fourth-order valence-corrected chi connectivity index (χ4v) is 4.83. The highest BCUT2D eigenvalue weighted by Crippen LogP contribution is 2.32. The van der Waals surface area contributed by atoms with E-state index in [2.05, 4.69) is 26.0 Å². The van der Waals surface area contributed by atoms with Crippen molar-refractivity contribution in [1.82, 2.24) is 4.57 Å². The average Bonchev–Trinajstić information content (AvgIpc) is 3.13. The average molecular weight is 473 g/mol. The van der Waals surface area contributed by atoms with Gasteiger partial charge < -0.3 is 5.32 Å². The Kier molecular flexibility index (Phi) is 5.86. The molecule has 136 valence electrons. The van der Waals surface area contributed by atoms with Crippen molar-refractivity contribution in [2.75, 3.05) is 10.0 Å². The molecule has 3 rings (SSSR count). The van der Waals surface area contributed by atoms with Crippen LogP contribution >= 0.6 is 38.9 Å². The van der Waals surface area contributed by atoms with Crippen LogP contribution in [0.1, 0.15) is 5.56 Å². The molecule has 0 radical (unpaired) electrons. The lowest BCUT2D eigenvalue weighted by Gasteiger charge is -2.18. The summed E-state index contributed by atoms with van der Waals surface area (Å²) < 4.78 is 18.6. The highest BCUT2D eigenvalue weighted by atomic mass is 79.9. The summed E-state index contributed by atoms with van der Waals surface area (Å²) in [5.74, 6) is 0.481. The molecular weight excluding hydrogens is 458 g/mol. The van der Waals surface area contributed by atoms with E-state index in [0.717, 1.165) is 4.47 Å². The molecule has 1 atom stereocenters. The second-order valence-electron chi connectivity index (χ2n) is 5.51. The number of benzene rings is 1. The minimum atomic E-state index is -1.43. The zero-order chi connectivity index (χ0) is 18.8. The number of nitrogens with zero attached hydrogens (tertiary/aromatic N) is 1. The van der Waals surface area contributed by atoms with Crippen molar-refractivity contribution in [2.24, 2.45) is 7.05 Å². The number of aromatic nitrogens is 1. The second-order valence-corrected chi connectivity index (χ2v) is 9.22. The van der Waals surface area contributed by atoms with Crippen molar-refractivity contribution in [3.05, 3.63) is 67.2 Å². The van der Waals surface area contributed by atoms with E-state index < -0.39 is 11.0 Å². The third-order valence-corrected chi connectivity index (χ3v) is 6.78.